The molecule has 0 bridgehead atoms. The predicted molar refractivity (Wildman–Crippen MR) is 68.6 cm³/mol. The van der Waals surface area contributed by atoms with Gasteiger partial charge in [0.25, 0.3) is 0 Å². The van der Waals surface area contributed by atoms with Gasteiger partial charge in [-0.3, -0.25) is 5.10 Å². The zero-order chi connectivity index (χ0) is 14.0. The predicted octanol–water partition coefficient (Wildman–Crippen LogP) is 0.956. The van der Waals surface area contributed by atoms with Crippen molar-refractivity contribution >= 4 is 27.3 Å². The van der Waals surface area contributed by atoms with E-state index in [0.29, 0.717) is 0 Å². The molecule has 0 spiro atoms. The van der Waals surface area contributed by atoms with Crippen LogP contribution in [-0.4, -0.2) is 29.7 Å². The highest BCUT2D eigenvalue weighted by Gasteiger charge is 2.27. The zero-order valence-corrected chi connectivity index (χ0v) is 11.5. The highest BCUT2D eigenvalue weighted by molar-refractivity contribution is 7.89. The fourth-order valence-electron chi connectivity index (χ4n) is 1.54. The van der Waals surface area contributed by atoms with E-state index in [1.54, 1.807) is 6.07 Å². The molecule has 0 unspecified atom stereocenters. The van der Waals surface area contributed by atoms with E-state index in [9.17, 15) is 13.2 Å². The molecule has 0 atom stereocenters. The Morgan fingerprint density at radius 2 is 2.32 bits per heavy atom. The third-order valence-corrected chi connectivity index (χ3v) is 4.70. The van der Waals surface area contributed by atoms with Crippen LogP contribution in [-0.2, 0) is 16.6 Å². The first-order valence-corrected chi connectivity index (χ1v) is 7.63. The molecule has 0 saturated heterocycles. The van der Waals surface area contributed by atoms with E-state index in [1.165, 1.54) is 18.3 Å². The number of nitrogens with zero attached hydrogens (tertiary/aromatic N) is 1. The van der Waals surface area contributed by atoms with Gasteiger partial charge in [-0.25, -0.2) is 17.9 Å². The van der Waals surface area contributed by atoms with Gasteiger partial charge in [0.2, 0.25) is 10.0 Å². The van der Waals surface area contributed by atoms with E-state index in [0.717, 1.165) is 5.56 Å². The van der Waals surface area contributed by atoms with Gasteiger partial charge in [-0.2, -0.15) is 16.4 Å². The minimum atomic E-state index is -3.92. The molecule has 0 aromatic carbocycles. The highest BCUT2D eigenvalue weighted by atomic mass is 32.2. The molecular weight excluding hydrogens is 290 g/mol. The Labute approximate surface area is 113 Å². The number of carboxylic acid groups (broad SMARTS) is 1. The second kappa shape index (κ2) is 5.11. The van der Waals surface area contributed by atoms with Crippen molar-refractivity contribution in [2.75, 3.05) is 0 Å². The van der Waals surface area contributed by atoms with Crippen molar-refractivity contribution < 1.29 is 18.3 Å². The molecule has 102 valence electrons. The van der Waals surface area contributed by atoms with Gasteiger partial charge >= 0.3 is 5.97 Å². The number of aromatic carboxylic acids is 1. The van der Waals surface area contributed by atoms with Crippen LogP contribution in [0, 0.1) is 6.92 Å². The summed E-state index contributed by atoms with van der Waals surface area (Å²) in [7, 11) is -3.92. The summed E-state index contributed by atoms with van der Waals surface area (Å²) in [5.74, 6) is -1.39. The molecule has 2 rings (SSSR count). The minimum absolute atomic E-state index is 0.107. The van der Waals surface area contributed by atoms with Gasteiger partial charge in [-0.15, -0.1) is 0 Å². The van der Waals surface area contributed by atoms with Crippen LogP contribution >= 0.6 is 11.3 Å². The van der Waals surface area contributed by atoms with Crippen LogP contribution in [0.3, 0.4) is 0 Å². The van der Waals surface area contributed by atoms with Gasteiger partial charge in [0.1, 0.15) is 4.90 Å². The SMILES string of the molecule is Cc1[nH]nc(C(=O)O)c1S(=O)(=O)NCc1ccsc1. The third kappa shape index (κ3) is 2.83. The Hall–Kier alpha value is -1.71. The lowest BCUT2D eigenvalue weighted by Crippen LogP contribution is -2.25. The van der Waals surface area contributed by atoms with Crippen LogP contribution in [0.1, 0.15) is 21.7 Å². The number of carboxylic acids is 1. The molecule has 3 N–H and O–H groups in total. The molecule has 0 amide bonds. The summed E-state index contributed by atoms with van der Waals surface area (Å²) in [5.41, 5.74) is 0.497. The first-order valence-electron chi connectivity index (χ1n) is 5.21. The van der Waals surface area contributed by atoms with E-state index in [-0.39, 0.29) is 17.1 Å². The van der Waals surface area contributed by atoms with E-state index in [1.807, 2.05) is 10.8 Å². The average molecular weight is 301 g/mol. The van der Waals surface area contributed by atoms with Crippen molar-refractivity contribution in [2.24, 2.45) is 0 Å². The maximum Gasteiger partial charge on any atom is 0.357 e. The van der Waals surface area contributed by atoms with Crippen molar-refractivity contribution in [1.82, 2.24) is 14.9 Å². The molecule has 9 heteroatoms. The van der Waals surface area contributed by atoms with Gasteiger partial charge in [0, 0.05) is 6.54 Å². The second-order valence-electron chi connectivity index (χ2n) is 3.79. The topological polar surface area (TPSA) is 112 Å². The molecule has 0 saturated carbocycles. The lowest BCUT2D eigenvalue weighted by Gasteiger charge is -2.05. The number of hydrogen-bond acceptors (Lipinski definition) is 5. The Balaban J connectivity index is 2.29. The first-order chi connectivity index (χ1) is 8.92. The van der Waals surface area contributed by atoms with Crippen molar-refractivity contribution in [3.63, 3.8) is 0 Å². The maximum absolute atomic E-state index is 12.1. The van der Waals surface area contributed by atoms with Crippen molar-refractivity contribution in [1.29, 1.82) is 0 Å². The summed E-state index contributed by atoms with van der Waals surface area (Å²) < 4.78 is 26.6. The number of H-pyrrole nitrogens is 1. The molecule has 0 fully saturated rings. The number of thiophene rings is 1. The summed E-state index contributed by atoms with van der Waals surface area (Å²) in [6.07, 6.45) is 0. The average Bonchev–Trinajstić information content (AvgIpc) is 2.95. The summed E-state index contributed by atoms with van der Waals surface area (Å²) in [4.78, 5) is 10.6. The maximum atomic E-state index is 12.1. The van der Waals surface area contributed by atoms with Crippen LogP contribution in [0.25, 0.3) is 0 Å². The van der Waals surface area contributed by atoms with E-state index < -0.39 is 21.7 Å². The lowest BCUT2D eigenvalue weighted by molar-refractivity contribution is 0.0686. The van der Waals surface area contributed by atoms with Gasteiger partial charge in [0.15, 0.2) is 5.69 Å². The number of aromatic nitrogens is 2. The summed E-state index contributed by atoms with van der Waals surface area (Å²) >= 11 is 1.45. The van der Waals surface area contributed by atoms with Gasteiger partial charge in [0.05, 0.1) is 5.69 Å². The molecule has 0 aliphatic rings. The number of sulfonamides is 1. The monoisotopic (exact) mass is 301 g/mol. The van der Waals surface area contributed by atoms with Crippen molar-refractivity contribution in [3.8, 4) is 0 Å². The Morgan fingerprint density at radius 1 is 1.58 bits per heavy atom. The van der Waals surface area contributed by atoms with E-state index in [4.69, 9.17) is 5.11 Å². The molecule has 0 aliphatic carbocycles. The highest BCUT2D eigenvalue weighted by Crippen LogP contribution is 2.18. The van der Waals surface area contributed by atoms with Gasteiger partial charge in [-0.1, -0.05) is 0 Å². The largest absolute Gasteiger partial charge is 0.476 e. The van der Waals surface area contributed by atoms with Crippen LogP contribution in [0.5, 0.6) is 0 Å². The Morgan fingerprint density at radius 3 is 2.89 bits per heavy atom. The quantitative estimate of drug-likeness (QED) is 0.761. The normalized spacial score (nSPS) is 11.6. The molecule has 0 aliphatic heterocycles. The van der Waals surface area contributed by atoms with Crippen LogP contribution in [0.4, 0.5) is 0 Å². The Bertz CT molecular complexity index is 688. The van der Waals surface area contributed by atoms with Gasteiger partial charge in [-0.05, 0) is 29.3 Å². The molecule has 19 heavy (non-hydrogen) atoms. The number of aromatic amines is 1. The summed E-state index contributed by atoms with van der Waals surface area (Å²) in [6, 6.07) is 1.79. The van der Waals surface area contributed by atoms with Crippen LogP contribution in [0.2, 0.25) is 0 Å². The number of rotatable bonds is 5. The standard InChI is InChI=1S/C10H11N3O4S2/c1-6-9(8(10(14)15)13-12-6)19(16,17)11-4-7-2-3-18-5-7/h2-3,5,11H,4H2,1H3,(H,12,13)(H,14,15). The molecule has 7 nitrogen and oxygen atoms in total. The number of hydrogen-bond donors (Lipinski definition) is 3. The fraction of sp³-hybridized carbons (Fsp3) is 0.200. The van der Waals surface area contributed by atoms with Crippen molar-refractivity contribution in [3.05, 3.63) is 33.8 Å². The smallest absolute Gasteiger partial charge is 0.357 e. The Kier molecular flexibility index (Phi) is 3.69. The third-order valence-electron chi connectivity index (χ3n) is 2.41. The second-order valence-corrected chi connectivity index (χ2v) is 6.27. The number of aryl methyl sites for hydroxylation is 1. The molecular formula is C10H11N3O4S2. The first kappa shape index (κ1) is 13.7. The lowest BCUT2D eigenvalue weighted by atomic mass is 10.4. The van der Waals surface area contributed by atoms with Crippen LogP contribution < -0.4 is 4.72 Å². The van der Waals surface area contributed by atoms with Crippen molar-refractivity contribution in [2.45, 2.75) is 18.4 Å². The molecule has 0 radical (unpaired) electrons. The zero-order valence-electron chi connectivity index (χ0n) is 9.87. The molecule has 2 aromatic heterocycles. The summed E-state index contributed by atoms with van der Waals surface area (Å²) in [5, 5.41) is 18.4. The summed E-state index contributed by atoms with van der Waals surface area (Å²) in [6.45, 7) is 1.56. The number of nitrogens with one attached hydrogen (secondary N) is 2. The van der Waals surface area contributed by atoms with E-state index >= 15 is 0 Å². The fourth-order valence-corrected chi connectivity index (χ4v) is 3.54. The number of carbonyl (C=O) groups is 1. The minimum Gasteiger partial charge on any atom is -0.476 e. The van der Waals surface area contributed by atoms with Crippen LogP contribution in [0.15, 0.2) is 21.7 Å². The molecule has 2 heterocycles. The molecule has 2 aromatic rings. The van der Waals surface area contributed by atoms with Gasteiger partial charge < -0.3 is 5.11 Å². The van der Waals surface area contributed by atoms with E-state index in [2.05, 4.69) is 14.9 Å².